The molecular weight excluding hydrogens is 268 g/mol. The summed E-state index contributed by atoms with van der Waals surface area (Å²) in [7, 11) is 0. The van der Waals surface area contributed by atoms with Crippen molar-refractivity contribution in [3.8, 4) is 0 Å². The van der Waals surface area contributed by atoms with Crippen molar-refractivity contribution in [3.63, 3.8) is 0 Å². The molecule has 19 heavy (non-hydrogen) atoms. The monoisotopic (exact) mass is 284 g/mol. The van der Waals surface area contributed by atoms with Gasteiger partial charge in [-0.05, 0) is 23.6 Å². The van der Waals surface area contributed by atoms with Gasteiger partial charge in [-0.25, -0.2) is 0 Å². The highest BCUT2D eigenvalue weighted by Crippen LogP contribution is 2.29. The molecule has 0 saturated heterocycles. The van der Waals surface area contributed by atoms with E-state index in [0.717, 1.165) is 0 Å². The van der Waals surface area contributed by atoms with Gasteiger partial charge in [-0.3, -0.25) is 0 Å². The summed E-state index contributed by atoms with van der Waals surface area (Å²) < 4.78 is 0. The molecule has 96 valence electrons. The van der Waals surface area contributed by atoms with Gasteiger partial charge in [-0.2, -0.15) is 0 Å². The molecule has 2 rings (SSSR count). The number of benzene rings is 2. The Bertz CT molecular complexity index is 528. The van der Waals surface area contributed by atoms with Gasteiger partial charge in [0.1, 0.15) is 0 Å². The second-order valence-electron chi connectivity index (χ2n) is 3.92. The van der Waals surface area contributed by atoms with Crippen LogP contribution in [0.15, 0.2) is 66.4 Å². The van der Waals surface area contributed by atoms with Crippen LogP contribution in [0, 0.1) is 0 Å². The Hall–Kier alpha value is -1.34. The second-order valence-corrected chi connectivity index (χ2v) is 5.56. The van der Waals surface area contributed by atoms with Crippen LogP contribution in [0.5, 0.6) is 0 Å². The van der Waals surface area contributed by atoms with Gasteiger partial charge in [-0.15, -0.1) is 23.5 Å². The number of hydrogen-bond acceptors (Lipinski definition) is 2. The molecule has 2 aromatic rings. The van der Waals surface area contributed by atoms with Gasteiger partial charge in [-0.1, -0.05) is 66.4 Å². The normalized spacial score (nSPS) is 9.79. The maximum Gasteiger partial charge on any atom is 0.0574 e. The zero-order chi connectivity index (χ0) is 13.5. The quantitative estimate of drug-likeness (QED) is 0.690. The topological polar surface area (TPSA) is 0 Å². The molecule has 0 aliphatic heterocycles. The van der Waals surface area contributed by atoms with E-state index in [1.807, 2.05) is 12.1 Å². The minimum atomic E-state index is 1.17. The first-order valence-electron chi connectivity index (χ1n) is 6.05. The Kier molecular flexibility index (Phi) is 5.41. The van der Waals surface area contributed by atoms with Crippen molar-refractivity contribution in [2.24, 2.45) is 0 Å². The summed E-state index contributed by atoms with van der Waals surface area (Å²) >= 11 is 3.47. The third kappa shape index (κ3) is 3.81. The van der Waals surface area contributed by atoms with Crippen LogP contribution < -0.4 is 0 Å². The minimum Gasteiger partial charge on any atom is -0.121 e. The molecule has 0 heterocycles. The summed E-state index contributed by atoms with van der Waals surface area (Å²) in [6.07, 6.45) is 4.19. The van der Waals surface area contributed by atoms with Crippen molar-refractivity contribution in [1.82, 2.24) is 0 Å². The van der Waals surface area contributed by atoms with Crippen LogP contribution in [0.4, 0.5) is 0 Å². The molecule has 0 aliphatic rings. The Balaban J connectivity index is 2.52. The molecule has 0 nitrogen and oxygen atoms in total. The maximum absolute atomic E-state index is 3.55. The first kappa shape index (κ1) is 14.1. The molecule has 2 aromatic carbocycles. The van der Waals surface area contributed by atoms with Crippen molar-refractivity contribution in [2.45, 2.75) is 0 Å². The third-order valence-corrected chi connectivity index (χ3v) is 4.20. The van der Waals surface area contributed by atoms with Gasteiger partial charge in [0.25, 0.3) is 0 Å². The second kappa shape index (κ2) is 7.30. The Morgan fingerprint density at radius 2 is 1.05 bits per heavy atom. The van der Waals surface area contributed by atoms with Gasteiger partial charge in [0.2, 0.25) is 0 Å². The van der Waals surface area contributed by atoms with E-state index >= 15 is 0 Å². The summed E-state index contributed by atoms with van der Waals surface area (Å²) in [6, 6.07) is 20.8. The lowest BCUT2D eigenvalue weighted by Gasteiger charge is -2.04. The van der Waals surface area contributed by atoms with E-state index in [-0.39, 0.29) is 0 Å². The lowest BCUT2D eigenvalue weighted by atomic mass is 10.2. The smallest absolute Gasteiger partial charge is 0.0574 e. The van der Waals surface area contributed by atoms with Gasteiger partial charge >= 0.3 is 0 Å². The van der Waals surface area contributed by atoms with Gasteiger partial charge in [0.15, 0.2) is 0 Å². The summed E-state index contributed by atoms with van der Waals surface area (Å²) in [4.78, 5) is 2.35. The minimum absolute atomic E-state index is 1.17. The number of hydrogen-bond donors (Lipinski definition) is 0. The molecular formula is C17H16S2. The largest absolute Gasteiger partial charge is 0.121 e. The zero-order valence-corrected chi connectivity index (χ0v) is 12.7. The van der Waals surface area contributed by atoms with Crippen LogP contribution in [0.3, 0.4) is 0 Å². The van der Waals surface area contributed by atoms with E-state index < -0.39 is 0 Å². The number of thioether (sulfide) groups is 2. The fourth-order valence-corrected chi connectivity index (χ4v) is 2.98. The fourth-order valence-electron chi connectivity index (χ4n) is 1.76. The molecule has 0 fully saturated rings. The first-order chi connectivity index (χ1) is 9.35. The summed E-state index contributed by atoms with van der Waals surface area (Å²) in [5.74, 6) is 0. The summed E-state index contributed by atoms with van der Waals surface area (Å²) in [5, 5.41) is 0. The molecule has 0 radical (unpaired) electrons. The molecule has 0 aliphatic carbocycles. The van der Waals surface area contributed by atoms with Crippen LogP contribution in [0.1, 0.15) is 11.1 Å². The average molecular weight is 284 g/mol. The molecule has 0 unspecified atom stereocenters. The molecule has 0 bridgehead atoms. The highest BCUT2D eigenvalue weighted by atomic mass is 32.2. The van der Waals surface area contributed by atoms with Gasteiger partial charge < -0.3 is 0 Å². The van der Waals surface area contributed by atoms with E-state index in [1.165, 1.54) is 20.9 Å². The summed E-state index contributed by atoms with van der Waals surface area (Å²) in [5.41, 5.74) is 5.99. The highest BCUT2D eigenvalue weighted by Gasteiger charge is 2.02. The van der Waals surface area contributed by atoms with Gasteiger partial charge in [0, 0.05) is 0 Å². The van der Waals surface area contributed by atoms with Gasteiger partial charge in [0.05, 0.1) is 9.81 Å². The van der Waals surface area contributed by atoms with Crippen molar-refractivity contribution >= 4 is 33.3 Å². The van der Waals surface area contributed by atoms with Crippen LogP contribution in [-0.2, 0) is 0 Å². The van der Waals surface area contributed by atoms with Crippen molar-refractivity contribution in [3.05, 3.63) is 77.5 Å². The average Bonchev–Trinajstić information content (AvgIpc) is 2.50. The van der Waals surface area contributed by atoms with E-state index in [2.05, 4.69) is 66.8 Å². The highest BCUT2D eigenvalue weighted by molar-refractivity contribution is 8.08. The predicted molar refractivity (Wildman–Crippen MR) is 90.2 cm³/mol. The third-order valence-electron chi connectivity index (χ3n) is 2.71. The zero-order valence-electron chi connectivity index (χ0n) is 11.1. The van der Waals surface area contributed by atoms with E-state index in [1.54, 1.807) is 23.5 Å². The molecule has 0 amide bonds. The van der Waals surface area contributed by atoms with Crippen LogP contribution in [0.2, 0.25) is 0 Å². The molecule has 0 aromatic heterocycles. The fraction of sp³-hybridized carbons (Fsp3) is 0.118. The first-order valence-corrected chi connectivity index (χ1v) is 8.50. The lowest BCUT2D eigenvalue weighted by Crippen LogP contribution is -1.80. The summed E-state index contributed by atoms with van der Waals surface area (Å²) in [6.45, 7) is 0. The van der Waals surface area contributed by atoms with Crippen molar-refractivity contribution < 1.29 is 0 Å². The Labute approximate surface area is 123 Å². The van der Waals surface area contributed by atoms with Crippen LogP contribution in [0.25, 0.3) is 9.81 Å². The lowest BCUT2D eigenvalue weighted by molar-refractivity contribution is 1.64. The Morgan fingerprint density at radius 3 is 1.37 bits per heavy atom. The van der Waals surface area contributed by atoms with Crippen molar-refractivity contribution in [2.75, 3.05) is 12.5 Å². The standard InChI is InChI=1S/C17H16S2/c1-18-16(14-9-5-3-6-10-14)13-17(19-2)15-11-7-4-8-12-15/h3-12H,1-2H3. The van der Waals surface area contributed by atoms with Crippen molar-refractivity contribution in [1.29, 1.82) is 0 Å². The van der Waals surface area contributed by atoms with Crippen LogP contribution in [-0.4, -0.2) is 12.5 Å². The number of rotatable bonds is 4. The van der Waals surface area contributed by atoms with Crippen LogP contribution >= 0.6 is 23.5 Å². The predicted octanol–water partition coefficient (Wildman–Crippen LogP) is 5.39. The molecule has 0 spiro atoms. The molecule has 0 atom stereocenters. The van der Waals surface area contributed by atoms with E-state index in [4.69, 9.17) is 0 Å². The molecule has 0 N–H and O–H groups in total. The van der Waals surface area contributed by atoms with E-state index in [9.17, 15) is 0 Å². The Morgan fingerprint density at radius 1 is 0.684 bits per heavy atom. The SMILES string of the molecule is CSC(=C=C(SC)c1ccccc1)c1ccccc1. The molecule has 2 heteroatoms. The maximum atomic E-state index is 3.55. The van der Waals surface area contributed by atoms with E-state index in [0.29, 0.717) is 0 Å². The molecule has 0 saturated carbocycles.